The number of hydrogen-bond acceptors (Lipinski definition) is 4. The van der Waals surface area contributed by atoms with Gasteiger partial charge in [-0.2, -0.15) is 0 Å². The summed E-state index contributed by atoms with van der Waals surface area (Å²) in [4.78, 5) is 28.0. The molecule has 1 aromatic heterocycles. The molecule has 0 atom stereocenters. The predicted molar refractivity (Wildman–Crippen MR) is 106 cm³/mol. The predicted octanol–water partition coefficient (Wildman–Crippen LogP) is 3.44. The van der Waals surface area contributed by atoms with Gasteiger partial charge in [0.15, 0.2) is 11.5 Å². The first-order chi connectivity index (χ1) is 13.0. The first-order valence-corrected chi connectivity index (χ1v) is 9.58. The van der Waals surface area contributed by atoms with Crippen LogP contribution in [0.2, 0.25) is 0 Å². The third kappa shape index (κ3) is 3.53. The maximum Gasteiger partial charge on any atom is 0.258 e. The summed E-state index contributed by atoms with van der Waals surface area (Å²) >= 11 is 0. The monoisotopic (exact) mass is 372 g/mol. The van der Waals surface area contributed by atoms with Crippen LogP contribution in [-0.4, -0.2) is 42.7 Å². The lowest BCUT2D eigenvalue weighted by molar-refractivity contribution is 0.0697. The number of fused-ring (bicyclic) bond motifs is 1. The Morgan fingerprint density at radius 2 is 1.70 bits per heavy atom. The number of carbonyl (C=O) groups excluding carboxylic acids is 1. The molecule has 2 aromatic rings. The quantitative estimate of drug-likeness (QED) is 0.807. The molecule has 1 aliphatic rings. The van der Waals surface area contributed by atoms with Crippen LogP contribution in [0.3, 0.4) is 0 Å². The molecule has 0 radical (unpaired) electrons. The third-order valence-corrected chi connectivity index (χ3v) is 5.60. The van der Waals surface area contributed by atoms with Gasteiger partial charge in [0.05, 0.1) is 25.2 Å². The van der Waals surface area contributed by atoms with Gasteiger partial charge in [-0.3, -0.25) is 9.59 Å². The van der Waals surface area contributed by atoms with E-state index in [1.54, 1.807) is 30.0 Å². The highest BCUT2D eigenvalue weighted by Gasteiger charge is 2.26. The second-order valence-corrected chi connectivity index (χ2v) is 7.09. The van der Waals surface area contributed by atoms with Gasteiger partial charge in [0.1, 0.15) is 0 Å². The van der Waals surface area contributed by atoms with E-state index in [0.29, 0.717) is 34.4 Å². The standard InChI is InChI=1S/C21H28N2O4/c1-5-23-13-17(20(24)22(2)14-9-7-6-8-10-14)15-11-18(26-3)19(27-4)12-16(15)21(23)25/h11-14H,5-10H2,1-4H3. The Labute approximate surface area is 159 Å². The molecule has 6 heteroatoms. The Balaban J connectivity index is 2.16. The van der Waals surface area contributed by atoms with Crippen LogP contribution in [0.15, 0.2) is 23.1 Å². The number of aryl methyl sites for hydroxylation is 1. The number of carbonyl (C=O) groups is 1. The number of methoxy groups -OCH3 is 2. The van der Waals surface area contributed by atoms with E-state index < -0.39 is 0 Å². The number of pyridine rings is 1. The van der Waals surface area contributed by atoms with E-state index in [-0.39, 0.29) is 17.5 Å². The minimum absolute atomic E-state index is 0.0543. The molecule has 0 N–H and O–H groups in total. The number of hydrogen-bond donors (Lipinski definition) is 0. The van der Waals surface area contributed by atoms with Gasteiger partial charge < -0.3 is 18.9 Å². The summed E-state index contributed by atoms with van der Waals surface area (Å²) in [6.07, 6.45) is 7.29. The second-order valence-electron chi connectivity index (χ2n) is 7.09. The molecule has 1 saturated carbocycles. The molecule has 146 valence electrons. The van der Waals surface area contributed by atoms with E-state index in [9.17, 15) is 9.59 Å². The van der Waals surface area contributed by atoms with Crippen molar-refractivity contribution in [1.29, 1.82) is 0 Å². The third-order valence-electron chi connectivity index (χ3n) is 5.60. The van der Waals surface area contributed by atoms with Crippen LogP contribution < -0.4 is 15.0 Å². The highest BCUT2D eigenvalue weighted by Crippen LogP contribution is 2.33. The summed E-state index contributed by atoms with van der Waals surface area (Å²) < 4.78 is 12.3. The van der Waals surface area contributed by atoms with Crippen molar-refractivity contribution < 1.29 is 14.3 Å². The molecule has 0 spiro atoms. The molecule has 1 aliphatic carbocycles. The number of rotatable bonds is 5. The maximum absolute atomic E-state index is 13.3. The topological polar surface area (TPSA) is 60.8 Å². The van der Waals surface area contributed by atoms with E-state index in [4.69, 9.17) is 9.47 Å². The summed E-state index contributed by atoms with van der Waals surface area (Å²) in [5.41, 5.74) is 0.394. The van der Waals surface area contributed by atoms with Crippen molar-refractivity contribution in [3.05, 3.63) is 34.2 Å². The zero-order valence-electron chi connectivity index (χ0n) is 16.6. The number of nitrogens with zero attached hydrogens (tertiary/aromatic N) is 2. The average Bonchev–Trinajstić information content (AvgIpc) is 2.72. The molecule has 0 unspecified atom stereocenters. The summed E-state index contributed by atoms with van der Waals surface area (Å²) in [5.74, 6) is 0.935. The number of ether oxygens (including phenoxy) is 2. The van der Waals surface area contributed by atoms with Crippen LogP contribution in [0.1, 0.15) is 49.4 Å². The van der Waals surface area contributed by atoms with Gasteiger partial charge in [-0.1, -0.05) is 19.3 Å². The lowest BCUT2D eigenvalue weighted by atomic mass is 9.94. The van der Waals surface area contributed by atoms with E-state index >= 15 is 0 Å². The van der Waals surface area contributed by atoms with Crippen molar-refractivity contribution in [2.75, 3.05) is 21.3 Å². The van der Waals surface area contributed by atoms with E-state index in [0.717, 1.165) is 25.7 Å². The first kappa shape index (κ1) is 19.3. The molecule has 0 bridgehead atoms. The Hall–Kier alpha value is -2.50. The molecule has 1 heterocycles. The van der Waals surface area contributed by atoms with Crippen LogP contribution >= 0.6 is 0 Å². The van der Waals surface area contributed by atoms with Crippen molar-refractivity contribution in [3.8, 4) is 11.5 Å². The van der Waals surface area contributed by atoms with Crippen LogP contribution in [0.4, 0.5) is 0 Å². The van der Waals surface area contributed by atoms with Crippen molar-refractivity contribution in [2.24, 2.45) is 0 Å². The summed E-state index contributed by atoms with van der Waals surface area (Å²) in [7, 11) is 4.95. The first-order valence-electron chi connectivity index (χ1n) is 9.58. The van der Waals surface area contributed by atoms with Crippen LogP contribution in [-0.2, 0) is 6.54 Å². The Morgan fingerprint density at radius 1 is 1.11 bits per heavy atom. The van der Waals surface area contributed by atoms with Crippen molar-refractivity contribution >= 4 is 16.7 Å². The van der Waals surface area contributed by atoms with Crippen molar-refractivity contribution in [3.63, 3.8) is 0 Å². The average molecular weight is 372 g/mol. The Kier molecular flexibility index (Phi) is 5.73. The smallest absolute Gasteiger partial charge is 0.258 e. The molecular weight excluding hydrogens is 344 g/mol. The summed E-state index contributed by atoms with van der Waals surface area (Å²) in [6, 6.07) is 3.65. The number of benzene rings is 1. The van der Waals surface area contributed by atoms with Gasteiger partial charge in [-0.25, -0.2) is 0 Å². The van der Waals surface area contributed by atoms with E-state index in [1.807, 2.05) is 18.9 Å². The van der Waals surface area contributed by atoms with Crippen LogP contribution in [0.25, 0.3) is 10.8 Å². The molecular formula is C21H28N2O4. The normalized spacial score (nSPS) is 15.0. The fourth-order valence-electron chi connectivity index (χ4n) is 3.95. The van der Waals surface area contributed by atoms with Crippen molar-refractivity contribution in [2.45, 2.75) is 51.6 Å². The number of aromatic nitrogens is 1. The van der Waals surface area contributed by atoms with Gasteiger partial charge >= 0.3 is 0 Å². The zero-order valence-corrected chi connectivity index (χ0v) is 16.6. The van der Waals surface area contributed by atoms with Gasteiger partial charge in [-0.05, 0) is 31.9 Å². The van der Waals surface area contributed by atoms with Crippen molar-refractivity contribution in [1.82, 2.24) is 9.47 Å². The van der Waals surface area contributed by atoms with Crippen LogP contribution in [0.5, 0.6) is 11.5 Å². The highest BCUT2D eigenvalue weighted by atomic mass is 16.5. The van der Waals surface area contributed by atoms with Gasteiger partial charge in [0, 0.05) is 31.2 Å². The molecule has 0 saturated heterocycles. The zero-order chi connectivity index (χ0) is 19.6. The van der Waals surface area contributed by atoms with Gasteiger partial charge in [0.25, 0.3) is 11.5 Å². The largest absolute Gasteiger partial charge is 0.493 e. The molecule has 1 aromatic carbocycles. The Morgan fingerprint density at radius 3 is 2.26 bits per heavy atom. The molecule has 1 amide bonds. The van der Waals surface area contributed by atoms with E-state index in [2.05, 4.69) is 0 Å². The minimum atomic E-state index is -0.134. The maximum atomic E-state index is 13.3. The minimum Gasteiger partial charge on any atom is -0.493 e. The fraction of sp³-hybridized carbons (Fsp3) is 0.524. The molecule has 0 aliphatic heterocycles. The highest BCUT2D eigenvalue weighted by molar-refractivity contribution is 6.07. The molecule has 3 rings (SSSR count). The number of amides is 1. The lowest BCUT2D eigenvalue weighted by Gasteiger charge is -2.31. The summed E-state index contributed by atoms with van der Waals surface area (Å²) in [6.45, 7) is 2.39. The fourth-order valence-corrected chi connectivity index (χ4v) is 3.95. The summed E-state index contributed by atoms with van der Waals surface area (Å²) in [5, 5.41) is 1.08. The van der Waals surface area contributed by atoms with E-state index in [1.165, 1.54) is 13.5 Å². The SMILES string of the molecule is CCn1cc(C(=O)N(C)C2CCCCC2)c2cc(OC)c(OC)cc2c1=O. The van der Waals surface area contributed by atoms with Gasteiger partial charge in [0.2, 0.25) is 0 Å². The molecule has 1 fully saturated rings. The van der Waals surface area contributed by atoms with Crippen LogP contribution in [0, 0.1) is 0 Å². The molecule has 27 heavy (non-hydrogen) atoms. The molecule has 6 nitrogen and oxygen atoms in total. The second kappa shape index (κ2) is 8.03. The lowest BCUT2D eigenvalue weighted by Crippen LogP contribution is -2.39. The Bertz CT molecular complexity index is 897. The van der Waals surface area contributed by atoms with Gasteiger partial charge in [-0.15, -0.1) is 0 Å².